The van der Waals surface area contributed by atoms with Crippen molar-refractivity contribution in [2.24, 2.45) is 11.1 Å². The first-order chi connectivity index (χ1) is 18.0. The number of carbonyl (C=O) groups is 1. The third-order valence-electron chi connectivity index (χ3n) is 5.49. The summed E-state index contributed by atoms with van der Waals surface area (Å²) in [6.07, 6.45) is 2.44. The summed E-state index contributed by atoms with van der Waals surface area (Å²) < 4.78 is 39.9. The summed E-state index contributed by atoms with van der Waals surface area (Å²) in [5.74, 6) is -0.656. The van der Waals surface area contributed by atoms with Gasteiger partial charge in [-0.1, -0.05) is 41.1 Å². The van der Waals surface area contributed by atoms with Crippen molar-refractivity contribution in [3.63, 3.8) is 0 Å². The number of anilines is 1. The molecule has 18 heteroatoms. The second kappa shape index (κ2) is 15.5. The summed E-state index contributed by atoms with van der Waals surface area (Å²) >= 11 is 17.2. The normalized spacial score (nSPS) is 19.3. The van der Waals surface area contributed by atoms with Gasteiger partial charge >= 0.3 is 10.3 Å². The van der Waals surface area contributed by atoms with Crippen molar-refractivity contribution >= 4 is 87.1 Å². The molecule has 1 saturated carbocycles. The number of hydrogen-bond acceptors (Lipinski definition) is 11. The Bertz CT molecular complexity index is 1450. The van der Waals surface area contributed by atoms with Crippen molar-refractivity contribution in [1.82, 2.24) is 9.97 Å². The number of ketones is 1. The zero-order valence-electron chi connectivity index (χ0n) is 19.7. The Morgan fingerprint density at radius 3 is 2.69 bits per heavy atom. The van der Waals surface area contributed by atoms with Gasteiger partial charge in [0.2, 0.25) is 5.78 Å². The van der Waals surface area contributed by atoms with E-state index < -0.39 is 38.9 Å². The van der Waals surface area contributed by atoms with Gasteiger partial charge in [-0.05, 0) is 45.1 Å². The fraction of sp³-hybridized carbons (Fsp3) is 0.286. The van der Waals surface area contributed by atoms with Crippen molar-refractivity contribution in [1.29, 1.82) is 0 Å². The van der Waals surface area contributed by atoms with Gasteiger partial charge in [0.1, 0.15) is 16.5 Å². The molecule has 4 atom stereocenters. The molecular formula is C21H21Cl2N4O6PS4Ti. The van der Waals surface area contributed by atoms with E-state index in [-0.39, 0.29) is 66.3 Å². The molecule has 3 aromatic rings. The van der Waals surface area contributed by atoms with E-state index in [9.17, 15) is 22.5 Å². The molecule has 4 rings (SSSR count). The summed E-state index contributed by atoms with van der Waals surface area (Å²) in [6.45, 7) is -0.256. The van der Waals surface area contributed by atoms with Crippen LogP contribution in [0.5, 0.6) is 0 Å². The van der Waals surface area contributed by atoms with Crippen LogP contribution in [0.1, 0.15) is 28.1 Å². The molecular weight excluding hydrogens is 682 g/mol. The number of halogens is 2. The van der Waals surface area contributed by atoms with E-state index in [1.165, 1.54) is 18.6 Å². The minimum absolute atomic E-state index is 0. The summed E-state index contributed by atoms with van der Waals surface area (Å²) in [7, 11) is -3.21. The number of aliphatic hydroxyl groups excluding tert-OH is 1. The van der Waals surface area contributed by atoms with Gasteiger partial charge in [-0.25, -0.2) is 19.3 Å². The number of aliphatic hydroxyl groups is 1. The SMILES string of the molecule is NS(=O)(=O)OC[C@H]1C[C@@H](Nc2ncncc2C(=O)c2cc(S(=O)c3cccc(Cl)c3)c(Cl)s2)C[C@@H]1O.P=S.[Ti]. The molecule has 208 valence electrons. The van der Waals surface area contributed by atoms with Crippen LogP contribution in [0.3, 0.4) is 0 Å². The van der Waals surface area contributed by atoms with E-state index in [1.807, 2.05) is 0 Å². The number of benzene rings is 1. The van der Waals surface area contributed by atoms with Gasteiger partial charge in [0.15, 0.2) is 0 Å². The van der Waals surface area contributed by atoms with Gasteiger partial charge < -0.3 is 10.4 Å². The molecule has 10 nitrogen and oxygen atoms in total. The molecule has 0 aliphatic heterocycles. The number of aromatic nitrogens is 2. The molecule has 0 bridgehead atoms. The van der Waals surface area contributed by atoms with Crippen LogP contribution in [0.4, 0.5) is 5.82 Å². The van der Waals surface area contributed by atoms with Gasteiger partial charge in [-0.2, -0.15) is 8.42 Å². The Labute approximate surface area is 263 Å². The molecule has 1 aromatic carbocycles. The zero-order chi connectivity index (χ0) is 28.0. The second-order valence-corrected chi connectivity index (χ2v) is 12.8. The fourth-order valence-electron chi connectivity index (χ4n) is 3.82. The predicted octanol–water partition coefficient (Wildman–Crippen LogP) is 3.60. The van der Waals surface area contributed by atoms with E-state index in [0.29, 0.717) is 16.3 Å². The minimum Gasteiger partial charge on any atom is -0.393 e. The van der Waals surface area contributed by atoms with Gasteiger partial charge in [0.25, 0.3) is 0 Å². The smallest absolute Gasteiger partial charge is 0.333 e. The van der Waals surface area contributed by atoms with Crippen LogP contribution in [0, 0.1) is 5.92 Å². The van der Waals surface area contributed by atoms with Crippen molar-refractivity contribution in [2.75, 3.05) is 11.9 Å². The summed E-state index contributed by atoms with van der Waals surface area (Å²) in [5, 5.41) is 18.7. The molecule has 0 radical (unpaired) electrons. The van der Waals surface area contributed by atoms with Crippen LogP contribution in [-0.4, -0.2) is 52.2 Å². The van der Waals surface area contributed by atoms with Crippen molar-refractivity contribution in [3.8, 4) is 0 Å². The fourth-order valence-corrected chi connectivity index (χ4v) is 7.17. The van der Waals surface area contributed by atoms with Gasteiger partial charge in [-0.3, -0.25) is 8.98 Å². The second-order valence-electron chi connectivity index (χ2n) is 8.01. The van der Waals surface area contributed by atoms with Crippen molar-refractivity contribution in [2.45, 2.75) is 34.8 Å². The molecule has 1 aliphatic rings. The molecule has 39 heavy (non-hydrogen) atoms. The Hall–Kier alpha value is -0.736. The first kappa shape index (κ1) is 34.5. The van der Waals surface area contributed by atoms with E-state index in [4.69, 9.17) is 28.3 Å². The molecule has 2 heterocycles. The molecule has 1 fully saturated rings. The predicted molar refractivity (Wildman–Crippen MR) is 152 cm³/mol. The monoisotopic (exact) mass is 702 g/mol. The van der Waals surface area contributed by atoms with Crippen LogP contribution in [0.25, 0.3) is 0 Å². The Balaban J connectivity index is 0.00000174. The first-order valence-corrected chi connectivity index (χ1v) is 16.5. The molecule has 2 aromatic heterocycles. The third kappa shape index (κ3) is 9.39. The van der Waals surface area contributed by atoms with E-state index >= 15 is 0 Å². The van der Waals surface area contributed by atoms with E-state index in [1.54, 1.807) is 24.3 Å². The van der Waals surface area contributed by atoms with Crippen LogP contribution in [0.15, 0.2) is 52.6 Å². The average molecular weight is 703 g/mol. The summed E-state index contributed by atoms with van der Waals surface area (Å²) in [5.41, 5.74) is 0.161. The largest absolute Gasteiger partial charge is 0.393 e. The molecule has 1 unspecified atom stereocenters. The topological polar surface area (TPSA) is 162 Å². The first-order valence-electron chi connectivity index (χ1n) is 10.7. The number of nitrogens with two attached hydrogens (primary N) is 1. The number of thiophene rings is 1. The van der Waals surface area contributed by atoms with Gasteiger partial charge in [0.05, 0.1) is 38.8 Å². The van der Waals surface area contributed by atoms with Crippen LogP contribution >= 0.6 is 42.6 Å². The zero-order valence-corrected chi connectivity index (χ0v) is 27.1. The molecule has 0 spiro atoms. The van der Waals surface area contributed by atoms with Crippen LogP contribution in [0.2, 0.25) is 9.36 Å². The van der Waals surface area contributed by atoms with Crippen LogP contribution < -0.4 is 10.5 Å². The maximum Gasteiger partial charge on any atom is 0.333 e. The number of nitrogens with one attached hydrogen (secondary N) is 1. The summed E-state index contributed by atoms with van der Waals surface area (Å²) in [4.78, 5) is 22.4. The average Bonchev–Trinajstić information content (AvgIpc) is 3.44. The Kier molecular flexibility index (Phi) is 13.7. The standard InChI is InChI=1S/C21H20Cl2N4O6S3.HPS.Ti/c22-12-2-1-3-14(5-12)35(30)18-7-17(34-20(18)23)19(29)15-8-25-10-26-21(15)27-13-4-11(16(28)6-13)9-33-36(24,31)32;1-2;/h1-3,5,7-8,10-11,13,16,28H,4,6,9H2,(H2,24,31,32)(H,25,26,27);1H;/t11-,13-,16+,35?;;/m1../s1. The maximum atomic E-state index is 13.3. The Morgan fingerprint density at radius 1 is 1.31 bits per heavy atom. The number of rotatable bonds is 9. The molecule has 0 amide bonds. The molecule has 4 N–H and O–H groups in total. The van der Waals surface area contributed by atoms with Crippen LogP contribution in [-0.2, 0) is 58.8 Å². The van der Waals surface area contributed by atoms with Gasteiger partial charge in [-0.15, -0.1) is 11.3 Å². The van der Waals surface area contributed by atoms with Crippen molar-refractivity contribution in [3.05, 3.63) is 62.7 Å². The minimum atomic E-state index is -4.12. The molecule has 1 aliphatic carbocycles. The number of nitrogens with zero attached hydrogens (tertiary/aromatic N) is 2. The quantitative estimate of drug-likeness (QED) is 0.171. The molecule has 0 saturated heterocycles. The van der Waals surface area contributed by atoms with Crippen molar-refractivity contribution < 1.29 is 48.4 Å². The number of hydrogen-bond donors (Lipinski definition) is 3. The number of carbonyl (C=O) groups excluding carboxylic acids is 1. The third-order valence-corrected chi connectivity index (χ3v) is 9.19. The van der Waals surface area contributed by atoms with E-state index in [0.717, 1.165) is 11.3 Å². The van der Waals surface area contributed by atoms with Gasteiger partial charge in [0, 0.05) is 49.8 Å². The maximum absolute atomic E-state index is 13.3. The Morgan fingerprint density at radius 2 is 2.03 bits per heavy atom. The van der Waals surface area contributed by atoms with E-state index in [2.05, 4.69) is 39.3 Å². The summed E-state index contributed by atoms with van der Waals surface area (Å²) in [6, 6.07) is 7.72.